The SMILES string of the molecule is NCCN1CCC(Nc2nc3ccccc3n2Cc2ccccc2I)CC1. The van der Waals surface area contributed by atoms with Crippen molar-refractivity contribution in [3.63, 3.8) is 0 Å². The monoisotopic (exact) mass is 475 g/mol. The van der Waals surface area contributed by atoms with E-state index in [-0.39, 0.29) is 0 Å². The van der Waals surface area contributed by atoms with Gasteiger partial charge in [0.15, 0.2) is 0 Å². The lowest BCUT2D eigenvalue weighted by Gasteiger charge is -2.32. The smallest absolute Gasteiger partial charge is 0.204 e. The van der Waals surface area contributed by atoms with Crippen molar-refractivity contribution >= 4 is 39.6 Å². The number of nitrogens with one attached hydrogen (secondary N) is 1. The van der Waals surface area contributed by atoms with E-state index in [9.17, 15) is 0 Å². The second kappa shape index (κ2) is 8.58. The Morgan fingerprint density at radius 3 is 2.59 bits per heavy atom. The Morgan fingerprint density at radius 1 is 1.07 bits per heavy atom. The molecule has 4 rings (SSSR count). The molecule has 1 saturated heterocycles. The molecule has 0 spiro atoms. The van der Waals surface area contributed by atoms with E-state index in [1.54, 1.807) is 0 Å². The third kappa shape index (κ3) is 4.28. The van der Waals surface area contributed by atoms with E-state index in [0.717, 1.165) is 57.0 Å². The summed E-state index contributed by atoms with van der Waals surface area (Å²) >= 11 is 2.42. The number of halogens is 1. The minimum Gasteiger partial charge on any atom is -0.353 e. The molecular formula is C21H26IN5. The van der Waals surface area contributed by atoms with E-state index in [2.05, 4.69) is 85.9 Å². The standard InChI is InChI=1S/C21H26IN5/c22-18-6-2-1-5-16(18)15-27-20-8-4-3-7-19(20)25-21(27)24-17-9-12-26(13-10-17)14-11-23/h1-8,17H,9-15,23H2,(H,24,25). The Labute approximate surface area is 174 Å². The van der Waals surface area contributed by atoms with Gasteiger partial charge in [-0.15, -0.1) is 0 Å². The third-order valence-corrected chi connectivity index (χ3v) is 6.36. The number of anilines is 1. The Bertz CT molecular complexity index is 898. The molecule has 5 nitrogen and oxygen atoms in total. The number of piperidine rings is 1. The molecule has 0 amide bonds. The van der Waals surface area contributed by atoms with Crippen LogP contribution in [-0.2, 0) is 6.54 Å². The Balaban J connectivity index is 1.58. The average Bonchev–Trinajstić information content (AvgIpc) is 3.03. The topological polar surface area (TPSA) is 59.1 Å². The van der Waals surface area contributed by atoms with Crippen LogP contribution < -0.4 is 11.1 Å². The third-order valence-electron chi connectivity index (χ3n) is 5.31. The summed E-state index contributed by atoms with van der Waals surface area (Å²) in [4.78, 5) is 7.36. The first-order chi connectivity index (χ1) is 13.2. The lowest BCUT2D eigenvalue weighted by Crippen LogP contribution is -2.41. The quantitative estimate of drug-likeness (QED) is 0.536. The number of imidazole rings is 1. The van der Waals surface area contributed by atoms with Crippen LogP contribution in [0.2, 0.25) is 0 Å². The van der Waals surface area contributed by atoms with Crippen molar-refractivity contribution in [1.29, 1.82) is 0 Å². The van der Waals surface area contributed by atoms with Gasteiger partial charge in [0, 0.05) is 35.8 Å². The fourth-order valence-electron chi connectivity index (χ4n) is 3.81. The summed E-state index contributed by atoms with van der Waals surface area (Å²) in [6.07, 6.45) is 2.26. The average molecular weight is 475 g/mol. The van der Waals surface area contributed by atoms with Crippen LogP contribution in [-0.4, -0.2) is 46.7 Å². The molecule has 0 saturated carbocycles. The van der Waals surface area contributed by atoms with Crippen LogP contribution in [0.25, 0.3) is 11.0 Å². The molecule has 3 aromatic rings. The van der Waals surface area contributed by atoms with E-state index in [1.807, 2.05) is 0 Å². The van der Waals surface area contributed by atoms with Crippen LogP contribution in [0.1, 0.15) is 18.4 Å². The fraction of sp³-hybridized carbons (Fsp3) is 0.381. The molecule has 1 aromatic heterocycles. The molecule has 0 unspecified atom stereocenters. The van der Waals surface area contributed by atoms with Crippen LogP contribution in [0.4, 0.5) is 5.95 Å². The molecule has 2 heterocycles. The van der Waals surface area contributed by atoms with Gasteiger partial charge in [0.1, 0.15) is 0 Å². The first-order valence-electron chi connectivity index (χ1n) is 9.62. The fourth-order valence-corrected chi connectivity index (χ4v) is 4.37. The predicted molar refractivity (Wildman–Crippen MR) is 120 cm³/mol. The molecule has 0 radical (unpaired) electrons. The number of hydrogen-bond acceptors (Lipinski definition) is 4. The predicted octanol–water partition coefficient (Wildman–Crippen LogP) is 3.52. The van der Waals surface area contributed by atoms with Crippen LogP contribution >= 0.6 is 22.6 Å². The van der Waals surface area contributed by atoms with Crippen molar-refractivity contribution in [3.05, 3.63) is 57.7 Å². The largest absolute Gasteiger partial charge is 0.353 e. The number of aromatic nitrogens is 2. The Kier molecular flexibility index (Phi) is 5.95. The highest BCUT2D eigenvalue weighted by Gasteiger charge is 2.21. The van der Waals surface area contributed by atoms with Gasteiger partial charge >= 0.3 is 0 Å². The zero-order valence-electron chi connectivity index (χ0n) is 15.4. The molecular weight excluding hydrogens is 449 g/mol. The maximum atomic E-state index is 5.69. The molecule has 0 bridgehead atoms. The van der Waals surface area contributed by atoms with Crippen LogP contribution in [0.15, 0.2) is 48.5 Å². The highest BCUT2D eigenvalue weighted by molar-refractivity contribution is 14.1. The van der Waals surface area contributed by atoms with Crippen LogP contribution in [0.3, 0.4) is 0 Å². The number of fused-ring (bicyclic) bond motifs is 1. The van der Waals surface area contributed by atoms with Gasteiger partial charge in [0.25, 0.3) is 0 Å². The lowest BCUT2D eigenvalue weighted by atomic mass is 10.1. The van der Waals surface area contributed by atoms with Crippen molar-refractivity contribution in [2.45, 2.75) is 25.4 Å². The molecule has 142 valence electrons. The summed E-state index contributed by atoms with van der Waals surface area (Å²) in [5, 5.41) is 3.73. The highest BCUT2D eigenvalue weighted by Crippen LogP contribution is 2.25. The van der Waals surface area contributed by atoms with E-state index < -0.39 is 0 Å². The van der Waals surface area contributed by atoms with Crippen LogP contribution in [0, 0.1) is 3.57 Å². The molecule has 27 heavy (non-hydrogen) atoms. The number of likely N-dealkylation sites (tertiary alicyclic amines) is 1. The summed E-state index contributed by atoms with van der Waals surface area (Å²) < 4.78 is 3.60. The van der Waals surface area contributed by atoms with Gasteiger partial charge in [0.2, 0.25) is 5.95 Å². The molecule has 0 aliphatic carbocycles. The van der Waals surface area contributed by atoms with Crippen molar-refractivity contribution in [2.24, 2.45) is 5.73 Å². The Morgan fingerprint density at radius 2 is 1.81 bits per heavy atom. The summed E-state index contributed by atoms with van der Waals surface area (Å²) in [5.74, 6) is 0.980. The van der Waals surface area contributed by atoms with Gasteiger partial charge < -0.3 is 20.5 Å². The van der Waals surface area contributed by atoms with Gasteiger partial charge in [-0.05, 0) is 59.2 Å². The molecule has 1 aliphatic heterocycles. The molecule has 2 aromatic carbocycles. The normalized spacial score (nSPS) is 16.1. The zero-order chi connectivity index (χ0) is 18.6. The van der Waals surface area contributed by atoms with Gasteiger partial charge in [-0.2, -0.15) is 0 Å². The molecule has 1 aliphatic rings. The van der Waals surface area contributed by atoms with Crippen LogP contribution in [0.5, 0.6) is 0 Å². The number of nitrogens with two attached hydrogens (primary N) is 1. The second-order valence-corrected chi connectivity index (χ2v) is 8.31. The number of para-hydroxylation sites is 2. The van der Waals surface area contributed by atoms with Gasteiger partial charge in [-0.25, -0.2) is 4.98 Å². The van der Waals surface area contributed by atoms with E-state index in [0.29, 0.717) is 6.04 Å². The molecule has 0 atom stereocenters. The summed E-state index contributed by atoms with van der Waals surface area (Å²) in [6, 6.07) is 17.4. The minimum absolute atomic E-state index is 0.462. The first kappa shape index (κ1) is 18.7. The number of hydrogen-bond donors (Lipinski definition) is 2. The lowest BCUT2D eigenvalue weighted by molar-refractivity contribution is 0.224. The van der Waals surface area contributed by atoms with E-state index in [4.69, 9.17) is 10.7 Å². The number of benzene rings is 2. The minimum atomic E-state index is 0.462. The zero-order valence-corrected chi connectivity index (χ0v) is 17.6. The highest BCUT2D eigenvalue weighted by atomic mass is 127. The molecule has 6 heteroatoms. The first-order valence-corrected chi connectivity index (χ1v) is 10.7. The van der Waals surface area contributed by atoms with Crippen molar-refractivity contribution in [2.75, 3.05) is 31.5 Å². The maximum Gasteiger partial charge on any atom is 0.204 e. The van der Waals surface area contributed by atoms with Gasteiger partial charge in [-0.3, -0.25) is 0 Å². The summed E-state index contributed by atoms with van der Waals surface area (Å²) in [5.41, 5.74) is 9.24. The summed E-state index contributed by atoms with van der Waals surface area (Å²) in [7, 11) is 0. The van der Waals surface area contributed by atoms with Crippen molar-refractivity contribution in [3.8, 4) is 0 Å². The van der Waals surface area contributed by atoms with Crippen molar-refractivity contribution < 1.29 is 0 Å². The van der Waals surface area contributed by atoms with E-state index >= 15 is 0 Å². The summed E-state index contributed by atoms with van der Waals surface area (Å²) in [6.45, 7) is 4.77. The maximum absolute atomic E-state index is 5.69. The van der Waals surface area contributed by atoms with Crippen molar-refractivity contribution in [1.82, 2.24) is 14.5 Å². The Hall–Kier alpha value is -1.64. The molecule has 3 N–H and O–H groups in total. The van der Waals surface area contributed by atoms with Gasteiger partial charge in [-0.1, -0.05) is 30.3 Å². The van der Waals surface area contributed by atoms with Gasteiger partial charge in [0.05, 0.1) is 17.6 Å². The van der Waals surface area contributed by atoms with E-state index in [1.165, 1.54) is 14.7 Å². The molecule has 1 fully saturated rings. The number of rotatable bonds is 6. The number of nitrogens with zero attached hydrogens (tertiary/aromatic N) is 3. The second-order valence-electron chi connectivity index (χ2n) is 7.15.